The van der Waals surface area contributed by atoms with E-state index in [9.17, 15) is 24.5 Å². The second-order valence-corrected chi connectivity index (χ2v) is 5.11. The first-order chi connectivity index (χ1) is 11.4. The number of non-ortho nitro benzene ring substituents is 1. The van der Waals surface area contributed by atoms with E-state index in [1.165, 1.54) is 24.3 Å². The number of methoxy groups -OCH3 is 2. The smallest absolute Gasteiger partial charge is 0.320 e. The van der Waals surface area contributed by atoms with E-state index < -0.39 is 34.6 Å². The van der Waals surface area contributed by atoms with Crippen LogP contribution in [0.25, 0.3) is 0 Å². The van der Waals surface area contributed by atoms with Crippen LogP contribution in [0.15, 0.2) is 24.3 Å². The minimum atomic E-state index is -1.34. The van der Waals surface area contributed by atoms with Crippen molar-refractivity contribution in [1.29, 1.82) is 0 Å². The van der Waals surface area contributed by atoms with Gasteiger partial charge in [0.05, 0.1) is 19.1 Å². The second-order valence-electron chi connectivity index (χ2n) is 5.11. The standard InChI is InChI=1S/C16H19NO7/c1-4-10(9-18)13(14(15(19)23-2)16(20)24-3)11-5-7-12(8-6-11)17(21)22/h5-10,13-14H,4H2,1-3H3/t10-,13-/m0/s1. The fourth-order valence-electron chi connectivity index (χ4n) is 2.58. The Balaban J connectivity index is 3.42. The van der Waals surface area contributed by atoms with Gasteiger partial charge in [-0.2, -0.15) is 0 Å². The average Bonchev–Trinajstić information content (AvgIpc) is 2.60. The van der Waals surface area contributed by atoms with Crippen molar-refractivity contribution in [3.63, 3.8) is 0 Å². The molecule has 0 saturated heterocycles. The topological polar surface area (TPSA) is 113 Å². The minimum absolute atomic E-state index is 0.135. The van der Waals surface area contributed by atoms with Crippen LogP contribution in [0.1, 0.15) is 24.8 Å². The molecule has 24 heavy (non-hydrogen) atoms. The van der Waals surface area contributed by atoms with Crippen molar-refractivity contribution in [1.82, 2.24) is 0 Å². The highest BCUT2D eigenvalue weighted by Crippen LogP contribution is 2.35. The average molecular weight is 337 g/mol. The first-order valence-corrected chi connectivity index (χ1v) is 7.26. The van der Waals surface area contributed by atoms with Crippen LogP contribution in [0.5, 0.6) is 0 Å². The van der Waals surface area contributed by atoms with Gasteiger partial charge in [-0.25, -0.2) is 0 Å². The van der Waals surface area contributed by atoms with Gasteiger partial charge in [-0.3, -0.25) is 19.7 Å². The third-order valence-electron chi connectivity index (χ3n) is 3.87. The summed E-state index contributed by atoms with van der Waals surface area (Å²) in [4.78, 5) is 45.8. The molecule has 1 aromatic carbocycles. The molecule has 0 bridgehead atoms. The largest absolute Gasteiger partial charge is 0.468 e. The van der Waals surface area contributed by atoms with Crippen LogP contribution in [-0.2, 0) is 23.9 Å². The number of carbonyl (C=O) groups excluding carboxylic acids is 3. The van der Waals surface area contributed by atoms with Gasteiger partial charge in [0.25, 0.3) is 5.69 Å². The molecule has 0 radical (unpaired) electrons. The molecular formula is C16H19NO7. The number of nitro groups is 1. The molecular weight excluding hydrogens is 318 g/mol. The minimum Gasteiger partial charge on any atom is -0.468 e. The normalized spacial score (nSPS) is 13.0. The van der Waals surface area contributed by atoms with Crippen LogP contribution in [0.3, 0.4) is 0 Å². The molecule has 130 valence electrons. The molecule has 0 fully saturated rings. The molecule has 8 heteroatoms. The van der Waals surface area contributed by atoms with Gasteiger partial charge in [0.2, 0.25) is 0 Å². The summed E-state index contributed by atoms with van der Waals surface area (Å²) in [6.07, 6.45) is 1.03. The number of aldehydes is 1. The Morgan fingerprint density at radius 2 is 1.67 bits per heavy atom. The quantitative estimate of drug-likeness (QED) is 0.234. The maximum Gasteiger partial charge on any atom is 0.320 e. The number of hydrogen-bond donors (Lipinski definition) is 0. The third-order valence-corrected chi connectivity index (χ3v) is 3.87. The lowest BCUT2D eigenvalue weighted by atomic mass is 9.76. The van der Waals surface area contributed by atoms with Gasteiger partial charge in [0.1, 0.15) is 6.29 Å². The first-order valence-electron chi connectivity index (χ1n) is 7.26. The predicted octanol–water partition coefficient (Wildman–Crippen LogP) is 1.87. The van der Waals surface area contributed by atoms with Crippen molar-refractivity contribution in [2.45, 2.75) is 19.3 Å². The molecule has 0 spiro atoms. The van der Waals surface area contributed by atoms with Crippen molar-refractivity contribution in [3.8, 4) is 0 Å². The van der Waals surface area contributed by atoms with E-state index in [-0.39, 0.29) is 5.69 Å². The Morgan fingerprint density at radius 3 is 2.00 bits per heavy atom. The van der Waals surface area contributed by atoms with E-state index in [1.54, 1.807) is 6.92 Å². The lowest BCUT2D eigenvalue weighted by Crippen LogP contribution is -2.36. The van der Waals surface area contributed by atoms with Crippen LogP contribution < -0.4 is 0 Å². The van der Waals surface area contributed by atoms with Gasteiger partial charge in [-0.05, 0) is 12.0 Å². The third kappa shape index (κ3) is 4.15. The fourth-order valence-corrected chi connectivity index (χ4v) is 2.58. The van der Waals surface area contributed by atoms with Crippen molar-refractivity contribution in [2.24, 2.45) is 11.8 Å². The molecule has 0 unspecified atom stereocenters. The highest BCUT2D eigenvalue weighted by molar-refractivity contribution is 5.96. The predicted molar refractivity (Wildman–Crippen MR) is 83.2 cm³/mol. The number of carbonyl (C=O) groups is 3. The number of rotatable bonds is 8. The molecule has 0 aliphatic heterocycles. The van der Waals surface area contributed by atoms with E-state index in [1.807, 2.05) is 0 Å². The highest BCUT2D eigenvalue weighted by atomic mass is 16.6. The molecule has 0 saturated carbocycles. The van der Waals surface area contributed by atoms with Gasteiger partial charge in [0, 0.05) is 24.0 Å². The fraction of sp³-hybridized carbons (Fsp3) is 0.438. The summed E-state index contributed by atoms with van der Waals surface area (Å²) in [7, 11) is 2.26. The molecule has 0 amide bonds. The summed E-state index contributed by atoms with van der Waals surface area (Å²) in [6.45, 7) is 1.74. The van der Waals surface area contributed by atoms with Gasteiger partial charge in [-0.15, -0.1) is 0 Å². The van der Waals surface area contributed by atoms with Gasteiger partial charge in [-0.1, -0.05) is 19.1 Å². The van der Waals surface area contributed by atoms with Crippen molar-refractivity contribution < 1.29 is 28.8 Å². The SMILES string of the molecule is CC[C@@H](C=O)[C@@H](c1ccc([N+](=O)[O-])cc1)C(C(=O)OC)C(=O)OC. The van der Waals surface area contributed by atoms with Crippen LogP contribution >= 0.6 is 0 Å². The molecule has 8 nitrogen and oxygen atoms in total. The summed E-state index contributed by atoms with van der Waals surface area (Å²) in [5.74, 6) is -4.49. The van der Waals surface area contributed by atoms with Crippen molar-refractivity contribution in [3.05, 3.63) is 39.9 Å². The molecule has 1 rings (SSSR count). The van der Waals surface area contributed by atoms with Gasteiger partial charge >= 0.3 is 11.9 Å². The Labute approximate surface area is 138 Å². The number of ether oxygens (including phenoxy) is 2. The zero-order valence-electron chi connectivity index (χ0n) is 13.6. The van der Waals surface area contributed by atoms with Gasteiger partial charge in [0.15, 0.2) is 5.92 Å². The molecule has 0 heterocycles. The zero-order valence-corrected chi connectivity index (χ0v) is 13.6. The first kappa shape index (κ1) is 19.3. The molecule has 0 N–H and O–H groups in total. The lowest BCUT2D eigenvalue weighted by Gasteiger charge is -2.27. The van der Waals surface area contributed by atoms with Crippen LogP contribution in [0.4, 0.5) is 5.69 Å². The van der Waals surface area contributed by atoms with Crippen molar-refractivity contribution in [2.75, 3.05) is 14.2 Å². The maximum absolute atomic E-state index is 12.1. The number of nitrogens with zero attached hydrogens (tertiary/aromatic N) is 1. The molecule has 1 aromatic rings. The Hall–Kier alpha value is -2.77. The van der Waals surface area contributed by atoms with Crippen LogP contribution in [0.2, 0.25) is 0 Å². The van der Waals surface area contributed by atoms with E-state index in [0.717, 1.165) is 14.2 Å². The summed E-state index contributed by atoms with van der Waals surface area (Å²) < 4.78 is 9.35. The van der Waals surface area contributed by atoms with Crippen LogP contribution in [-0.4, -0.2) is 37.4 Å². The van der Waals surface area contributed by atoms with E-state index in [2.05, 4.69) is 9.47 Å². The molecule has 2 atom stereocenters. The molecule has 0 aliphatic rings. The Morgan fingerprint density at radius 1 is 1.17 bits per heavy atom. The number of hydrogen-bond acceptors (Lipinski definition) is 7. The summed E-state index contributed by atoms with van der Waals surface area (Å²) in [5.41, 5.74) is 0.310. The van der Waals surface area contributed by atoms with Crippen LogP contribution in [0, 0.1) is 22.0 Å². The van der Waals surface area contributed by atoms with Gasteiger partial charge < -0.3 is 14.3 Å². The molecule has 0 aliphatic carbocycles. The molecule has 0 aromatic heterocycles. The maximum atomic E-state index is 12.1. The summed E-state index contributed by atoms with van der Waals surface area (Å²) in [5, 5.41) is 10.8. The number of benzene rings is 1. The van der Waals surface area contributed by atoms with E-state index in [0.29, 0.717) is 18.3 Å². The highest BCUT2D eigenvalue weighted by Gasteiger charge is 2.41. The number of esters is 2. The summed E-state index contributed by atoms with van der Waals surface area (Å²) >= 11 is 0. The zero-order chi connectivity index (χ0) is 18.3. The monoisotopic (exact) mass is 337 g/mol. The van der Waals surface area contributed by atoms with E-state index >= 15 is 0 Å². The Bertz CT molecular complexity index is 595. The number of nitro benzene ring substituents is 1. The lowest BCUT2D eigenvalue weighted by molar-refractivity contribution is -0.384. The van der Waals surface area contributed by atoms with Crippen molar-refractivity contribution >= 4 is 23.9 Å². The van der Waals surface area contributed by atoms with E-state index in [4.69, 9.17) is 0 Å². The second kappa shape index (κ2) is 8.76. The Kier molecular flexibility index (Phi) is 7.03. The summed E-state index contributed by atoms with van der Waals surface area (Å²) in [6, 6.07) is 5.36.